The van der Waals surface area contributed by atoms with Gasteiger partial charge in [0, 0.05) is 11.4 Å². The third kappa shape index (κ3) is 6.34. The minimum atomic E-state index is -0.232. The van der Waals surface area contributed by atoms with E-state index < -0.39 is 0 Å². The van der Waals surface area contributed by atoms with Gasteiger partial charge >= 0.3 is 0 Å². The number of anilines is 2. The number of hydrogen-bond donors (Lipinski definition) is 2. The molecule has 0 radical (unpaired) electrons. The average Bonchev–Trinajstić information content (AvgIpc) is 3.21. The van der Waals surface area contributed by atoms with E-state index >= 15 is 0 Å². The van der Waals surface area contributed by atoms with Crippen molar-refractivity contribution in [2.24, 2.45) is 0 Å². The van der Waals surface area contributed by atoms with Gasteiger partial charge in [0.05, 0.1) is 16.0 Å². The van der Waals surface area contributed by atoms with Gasteiger partial charge in [-0.15, -0.1) is 11.3 Å². The van der Waals surface area contributed by atoms with Crippen molar-refractivity contribution in [1.82, 2.24) is 4.98 Å². The fourth-order valence-electron chi connectivity index (χ4n) is 3.06. The Morgan fingerprint density at radius 3 is 2.45 bits per heavy atom. The number of aryl methyl sites for hydroxylation is 2. The largest absolute Gasteiger partial charge is 0.483 e. The molecule has 1 aromatic heterocycles. The molecular formula is C25H23N3O3S2. The van der Waals surface area contributed by atoms with Crippen molar-refractivity contribution in [3.8, 4) is 5.75 Å². The standard InChI is InChI=1S/C25H23N3O3S2/c1-16-7-9-18(10-8-16)26-24(30)15-32-25-28-20-12-11-19(13-22(20)33-25)27-23(29)14-31-21-6-4-3-5-17(21)2/h3-13H,14-15H2,1-2H3,(H,26,30)(H,27,29). The van der Waals surface area contributed by atoms with E-state index in [1.807, 2.05) is 80.6 Å². The number of carbonyl (C=O) groups is 2. The summed E-state index contributed by atoms with van der Waals surface area (Å²) in [6.07, 6.45) is 0. The van der Waals surface area contributed by atoms with Crippen LogP contribution in [0.25, 0.3) is 10.2 Å². The van der Waals surface area contributed by atoms with Crippen LogP contribution in [0.5, 0.6) is 5.75 Å². The topological polar surface area (TPSA) is 80.3 Å². The van der Waals surface area contributed by atoms with Crippen LogP contribution in [-0.4, -0.2) is 29.2 Å². The summed E-state index contributed by atoms with van der Waals surface area (Å²) in [5, 5.41) is 5.75. The SMILES string of the molecule is Cc1ccc(NC(=O)CSc2nc3ccc(NC(=O)COc4ccccc4C)cc3s2)cc1. The Bertz CT molecular complexity index is 1290. The fraction of sp³-hybridized carbons (Fsp3) is 0.160. The number of ether oxygens (including phenoxy) is 1. The van der Waals surface area contributed by atoms with Gasteiger partial charge in [-0.2, -0.15) is 0 Å². The zero-order chi connectivity index (χ0) is 23.2. The van der Waals surface area contributed by atoms with E-state index in [1.54, 1.807) is 0 Å². The molecule has 0 bridgehead atoms. The average molecular weight is 478 g/mol. The van der Waals surface area contributed by atoms with Crippen LogP contribution in [-0.2, 0) is 9.59 Å². The van der Waals surface area contributed by atoms with Crippen molar-refractivity contribution in [2.75, 3.05) is 23.0 Å². The van der Waals surface area contributed by atoms with Crippen LogP contribution < -0.4 is 15.4 Å². The Labute approximate surface area is 200 Å². The van der Waals surface area contributed by atoms with E-state index in [0.717, 1.165) is 31.4 Å². The molecule has 6 nitrogen and oxygen atoms in total. The third-order valence-corrected chi connectivity index (χ3v) is 6.93. The van der Waals surface area contributed by atoms with E-state index in [2.05, 4.69) is 15.6 Å². The number of hydrogen-bond acceptors (Lipinski definition) is 6. The summed E-state index contributed by atoms with van der Waals surface area (Å²) in [5.41, 5.74) is 4.41. The number of nitrogens with zero attached hydrogens (tertiary/aromatic N) is 1. The van der Waals surface area contributed by atoms with Crippen molar-refractivity contribution in [2.45, 2.75) is 18.2 Å². The molecular weight excluding hydrogens is 454 g/mol. The molecule has 4 aromatic rings. The van der Waals surface area contributed by atoms with Crippen molar-refractivity contribution in [1.29, 1.82) is 0 Å². The van der Waals surface area contributed by atoms with Crippen LogP contribution >= 0.6 is 23.1 Å². The molecule has 0 saturated carbocycles. The maximum absolute atomic E-state index is 12.3. The lowest BCUT2D eigenvalue weighted by Crippen LogP contribution is -2.20. The van der Waals surface area contributed by atoms with Crippen LogP contribution in [0, 0.1) is 13.8 Å². The molecule has 2 amide bonds. The summed E-state index contributed by atoms with van der Waals surface area (Å²) < 4.78 is 7.34. The summed E-state index contributed by atoms with van der Waals surface area (Å²) in [6.45, 7) is 3.88. The molecule has 0 unspecified atom stereocenters. The Hall–Kier alpha value is -3.36. The lowest BCUT2D eigenvalue weighted by molar-refractivity contribution is -0.118. The summed E-state index contributed by atoms with van der Waals surface area (Å²) in [7, 11) is 0. The fourth-order valence-corrected chi connectivity index (χ4v) is 4.97. The molecule has 2 N–H and O–H groups in total. The van der Waals surface area contributed by atoms with Gasteiger partial charge in [0.1, 0.15) is 5.75 Å². The summed E-state index contributed by atoms with van der Waals surface area (Å²) >= 11 is 2.88. The minimum Gasteiger partial charge on any atom is -0.483 e. The molecule has 4 rings (SSSR count). The second-order valence-corrected chi connectivity index (χ2v) is 9.72. The molecule has 0 aliphatic rings. The summed E-state index contributed by atoms with van der Waals surface area (Å²) in [4.78, 5) is 29.1. The smallest absolute Gasteiger partial charge is 0.262 e. The van der Waals surface area contributed by atoms with E-state index in [1.165, 1.54) is 23.1 Å². The van der Waals surface area contributed by atoms with Crippen LogP contribution in [0.4, 0.5) is 11.4 Å². The highest BCUT2D eigenvalue weighted by molar-refractivity contribution is 8.01. The Balaban J connectivity index is 1.31. The van der Waals surface area contributed by atoms with Gasteiger partial charge in [0.2, 0.25) is 5.91 Å². The van der Waals surface area contributed by atoms with Crippen LogP contribution in [0.15, 0.2) is 71.1 Å². The summed E-state index contributed by atoms with van der Waals surface area (Å²) in [6, 6.07) is 20.8. The first kappa shape index (κ1) is 22.8. The van der Waals surface area contributed by atoms with Crippen molar-refractivity contribution >= 4 is 56.5 Å². The maximum Gasteiger partial charge on any atom is 0.262 e. The number of carbonyl (C=O) groups excluding carboxylic acids is 2. The number of thiazole rings is 1. The monoisotopic (exact) mass is 477 g/mol. The van der Waals surface area contributed by atoms with Gasteiger partial charge in [-0.05, 0) is 55.8 Å². The molecule has 168 valence electrons. The molecule has 0 aliphatic heterocycles. The summed E-state index contributed by atoms with van der Waals surface area (Å²) in [5.74, 6) is 0.654. The quantitative estimate of drug-likeness (QED) is 0.320. The van der Waals surface area contributed by atoms with Crippen LogP contribution in [0.3, 0.4) is 0 Å². The molecule has 0 saturated heterocycles. The number of rotatable bonds is 8. The number of fused-ring (bicyclic) bond motifs is 1. The predicted octanol–water partition coefficient (Wildman–Crippen LogP) is 5.66. The van der Waals surface area contributed by atoms with Crippen molar-refractivity contribution in [3.05, 3.63) is 77.9 Å². The molecule has 3 aromatic carbocycles. The third-order valence-electron chi connectivity index (χ3n) is 4.77. The van der Waals surface area contributed by atoms with Gasteiger partial charge in [-0.3, -0.25) is 9.59 Å². The molecule has 8 heteroatoms. The zero-order valence-electron chi connectivity index (χ0n) is 18.3. The van der Waals surface area contributed by atoms with E-state index in [4.69, 9.17) is 4.74 Å². The highest BCUT2D eigenvalue weighted by Gasteiger charge is 2.11. The molecule has 33 heavy (non-hydrogen) atoms. The maximum atomic E-state index is 12.3. The molecule has 0 aliphatic carbocycles. The molecule has 1 heterocycles. The van der Waals surface area contributed by atoms with Gasteiger partial charge < -0.3 is 15.4 Å². The van der Waals surface area contributed by atoms with Gasteiger partial charge in [-0.25, -0.2) is 4.98 Å². The highest BCUT2D eigenvalue weighted by Crippen LogP contribution is 2.31. The second-order valence-electron chi connectivity index (χ2n) is 7.47. The first-order valence-electron chi connectivity index (χ1n) is 10.3. The first-order chi connectivity index (χ1) is 16.0. The lowest BCUT2D eigenvalue weighted by Gasteiger charge is -2.09. The van der Waals surface area contributed by atoms with Crippen molar-refractivity contribution in [3.63, 3.8) is 0 Å². The number of aromatic nitrogens is 1. The Morgan fingerprint density at radius 2 is 1.67 bits per heavy atom. The number of thioether (sulfide) groups is 1. The Kier molecular flexibility index (Phi) is 7.26. The lowest BCUT2D eigenvalue weighted by atomic mass is 10.2. The highest BCUT2D eigenvalue weighted by atomic mass is 32.2. The van der Waals surface area contributed by atoms with E-state index in [0.29, 0.717) is 11.4 Å². The number of benzene rings is 3. The number of nitrogens with one attached hydrogen (secondary N) is 2. The second kappa shape index (κ2) is 10.5. The van der Waals surface area contributed by atoms with E-state index in [9.17, 15) is 9.59 Å². The predicted molar refractivity (Wildman–Crippen MR) is 135 cm³/mol. The number of para-hydroxylation sites is 1. The van der Waals surface area contributed by atoms with E-state index in [-0.39, 0.29) is 24.2 Å². The van der Waals surface area contributed by atoms with Crippen LogP contribution in [0.2, 0.25) is 0 Å². The van der Waals surface area contributed by atoms with Crippen LogP contribution in [0.1, 0.15) is 11.1 Å². The van der Waals surface area contributed by atoms with Gasteiger partial charge in [0.25, 0.3) is 5.91 Å². The minimum absolute atomic E-state index is 0.0667. The zero-order valence-corrected chi connectivity index (χ0v) is 19.9. The first-order valence-corrected chi connectivity index (χ1v) is 12.1. The normalized spacial score (nSPS) is 10.7. The van der Waals surface area contributed by atoms with Gasteiger partial charge in [0.15, 0.2) is 10.9 Å². The Morgan fingerprint density at radius 1 is 0.939 bits per heavy atom. The van der Waals surface area contributed by atoms with Crippen molar-refractivity contribution < 1.29 is 14.3 Å². The molecule has 0 atom stereocenters. The van der Waals surface area contributed by atoms with Gasteiger partial charge in [-0.1, -0.05) is 47.7 Å². The molecule has 0 spiro atoms. The number of amides is 2. The molecule has 0 fully saturated rings.